The molecule has 1 saturated carbocycles. The van der Waals surface area contributed by atoms with Gasteiger partial charge in [0.25, 0.3) is 0 Å². The lowest BCUT2D eigenvalue weighted by atomic mass is 10.1. The van der Waals surface area contributed by atoms with Gasteiger partial charge < -0.3 is 5.32 Å². The number of hydrogen-bond acceptors (Lipinski definition) is 3. The highest BCUT2D eigenvalue weighted by Crippen LogP contribution is 2.45. The van der Waals surface area contributed by atoms with Crippen molar-refractivity contribution in [2.45, 2.75) is 19.4 Å². The van der Waals surface area contributed by atoms with Gasteiger partial charge in [0.1, 0.15) is 5.01 Å². The third-order valence-electron chi connectivity index (χ3n) is 2.50. The van der Waals surface area contributed by atoms with E-state index in [-0.39, 0.29) is 0 Å². The Kier molecular flexibility index (Phi) is 2.86. The van der Waals surface area contributed by atoms with Gasteiger partial charge in [-0.2, -0.15) is 0 Å². The summed E-state index contributed by atoms with van der Waals surface area (Å²) >= 11 is 7.56. The van der Waals surface area contributed by atoms with E-state index in [1.165, 1.54) is 12.8 Å². The molecule has 1 aliphatic carbocycles. The van der Waals surface area contributed by atoms with Crippen LogP contribution in [0.3, 0.4) is 0 Å². The molecular formula is C9H13ClN2S. The largest absolute Gasteiger partial charge is 0.310 e. The summed E-state index contributed by atoms with van der Waals surface area (Å²) in [5, 5.41) is 6.57. The Morgan fingerprint density at radius 3 is 3.00 bits per heavy atom. The molecule has 0 aliphatic heterocycles. The zero-order valence-corrected chi connectivity index (χ0v) is 9.00. The molecule has 0 saturated heterocycles. The van der Waals surface area contributed by atoms with Crippen molar-refractivity contribution in [2.24, 2.45) is 5.41 Å². The summed E-state index contributed by atoms with van der Waals surface area (Å²) in [5.74, 6) is 0.790. The molecule has 0 amide bonds. The molecule has 4 heteroatoms. The van der Waals surface area contributed by atoms with Crippen LogP contribution in [-0.2, 0) is 6.54 Å². The molecule has 0 radical (unpaired) electrons. The van der Waals surface area contributed by atoms with Gasteiger partial charge >= 0.3 is 0 Å². The van der Waals surface area contributed by atoms with Gasteiger partial charge in [-0.15, -0.1) is 22.9 Å². The van der Waals surface area contributed by atoms with Crippen LogP contribution in [0.5, 0.6) is 0 Å². The Balaban J connectivity index is 1.70. The van der Waals surface area contributed by atoms with Crippen LogP contribution in [0, 0.1) is 5.41 Å². The molecule has 0 bridgehead atoms. The van der Waals surface area contributed by atoms with Crippen LogP contribution in [0.1, 0.15) is 17.8 Å². The van der Waals surface area contributed by atoms with E-state index in [1.807, 2.05) is 11.6 Å². The fourth-order valence-corrected chi connectivity index (χ4v) is 2.26. The number of aromatic nitrogens is 1. The maximum Gasteiger partial charge on any atom is 0.106 e. The van der Waals surface area contributed by atoms with Crippen molar-refractivity contribution >= 4 is 22.9 Å². The lowest BCUT2D eigenvalue weighted by Crippen LogP contribution is -2.24. The second-order valence-electron chi connectivity index (χ2n) is 3.66. The standard InChI is InChI=1S/C9H13ClN2S/c10-6-9(1-2-9)7-11-5-8-12-3-4-13-8/h3-4,11H,1-2,5-7H2. The van der Waals surface area contributed by atoms with Gasteiger partial charge in [-0.25, -0.2) is 4.98 Å². The highest BCUT2D eigenvalue weighted by molar-refractivity contribution is 7.09. The third kappa shape index (κ3) is 2.42. The summed E-state index contributed by atoms with van der Waals surface area (Å²) < 4.78 is 0. The molecule has 0 unspecified atom stereocenters. The monoisotopic (exact) mass is 216 g/mol. The van der Waals surface area contributed by atoms with E-state index in [0.717, 1.165) is 24.0 Å². The SMILES string of the molecule is ClCC1(CNCc2nccs2)CC1. The summed E-state index contributed by atoms with van der Waals surface area (Å²) in [6.07, 6.45) is 4.40. The van der Waals surface area contributed by atoms with E-state index in [9.17, 15) is 0 Å². The highest BCUT2D eigenvalue weighted by Gasteiger charge is 2.41. The average Bonchev–Trinajstić information content (AvgIpc) is 2.74. The molecule has 13 heavy (non-hydrogen) atoms. The minimum atomic E-state index is 0.415. The number of thiazole rings is 1. The zero-order chi connectivity index (χ0) is 9.15. The molecule has 0 aromatic carbocycles. The number of nitrogens with one attached hydrogen (secondary N) is 1. The second-order valence-corrected chi connectivity index (χ2v) is 4.91. The summed E-state index contributed by atoms with van der Waals surface area (Å²) in [6.45, 7) is 1.92. The molecule has 1 aliphatic rings. The van der Waals surface area contributed by atoms with E-state index in [2.05, 4.69) is 10.3 Å². The van der Waals surface area contributed by atoms with Gasteiger partial charge in [0.05, 0.1) is 0 Å². The molecular weight excluding hydrogens is 204 g/mol. The van der Waals surface area contributed by atoms with Crippen LogP contribution in [0.2, 0.25) is 0 Å². The second kappa shape index (κ2) is 3.95. The quantitative estimate of drug-likeness (QED) is 0.764. The number of alkyl halides is 1. The molecule has 1 N–H and O–H groups in total. The molecule has 1 heterocycles. The van der Waals surface area contributed by atoms with Crippen molar-refractivity contribution in [3.05, 3.63) is 16.6 Å². The van der Waals surface area contributed by atoms with Gasteiger partial charge in [-0.1, -0.05) is 0 Å². The molecule has 0 atom stereocenters. The number of halogens is 1. The van der Waals surface area contributed by atoms with Crippen LogP contribution in [-0.4, -0.2) is 17.4 Å². The topological polar surface area (TPSA) is 24.9 Å². The van der Waals surface area contributed by atoms with Crippen molar-refractivity contribution in [3.8, 4) is 0 Å². The van der Waals surface area contributed by atoms with E-state index < -0.39 is 0 Å². The van der Waals surface area contributed by atoms with Crippen molar-refractivity contribution in [2.75, 3.05) is 12.4 Å². The van der Waals surface area contributed by atoms with Crippen molar-refractivity contribution in [1.29, 1.82) is 0 Å². The first kappa shape index (κ1) is 9.44. The van der Waals surface area contributed by atoms with E-state index >= 15 is 0 Å². The predicted molar refractivity (Wildman–Crippen MR) is 56.2 cm³/mol. The van der Waals surface area contributed by atoms with E-state index in [1.54, 1.807) is 11.3 Å². The Hall–Kier alpha value is -0.120. The lowest BCUT2D eigenvalue weighted by Gasteiger charge is -2.10. The highest BCUT2D eigenvalue weighted by atomic mass is 35.5. The maximum atomic E-state index is 5.86. The smallest absolute Gasteiger partial charge is 0.106 e. The fourth-order valence-electron chi connectivity index (χ4n) is 1.31. The lowest BCUT2D eigenvalue weighted by molar-refractivity contribution is 0.504. The first-order valence-electron chi connectivity index (χ1n) is 4.50. The molecule has 0 spiro atoms. The summed E-state index contributed by atoms with van der Waals surface area (Å²) in [7, 11) is 0. The average molecular weight is 217 g/mol. The molecule has 72 valence electrons. The van der Waals surface area contributed by atoms with E-state index in [4.69, 9.17) is 11.6 Å². The number of hydrogen-bond donors (Lipinski definition) is 1. The molecule has 2 rings (SSSR count). The summed E-state index contributed by atoms with van der Waals surface area (Å²) in [4.78, 5) is 4.21. The molecule has 2 nitrogen and oxygen atoms in total. The van der Waals surface area contributed by atoms with Crippen LogP contribution < -0.4 is 5.32 Å². The Morgan fingerprint density at radius 1 is 1.62 bits per heavy atom. The minimum absolute atomic E-state index is 0.415. The number of rotatable bonds is 5. The van der Waals surface area contributed by atoms with Crippen LogP contribution in [0.4, 0.5) is 0 Å². The van der Waals surface area contributed by atoms with Crippen molar-refractivity contribution in [1.82, 2.24) is 10.3 Å². The summed E-state index contributed by atoms with van der Waals surface area (Å²) in [6, 6.07) is 0. The van der Waals surface area contributed by atoms with E-state index in [0.29, 0.717) is 5.41 Å². The minimum Gasteiger partial charge on any atom is -0.310 e. The fraction of sp³-hybridized carbons (Fsp3) is 0.667. The zero-order valence-electron chi connectivity index (χ0n) is 7.42. The van der Waals surface area contributed by atoms with Gasteiger partial charge in [0, 0.05) is 30.5 Å². The van der Waals surface area contributed by atoms with Crippen molar-refractivity contribution in [3.63, 3.8) is 0 Å². The summed E-state index contributed by atoms with van der Waals surface area (Å²) in [5.41, 5.74) is 0.415. The van der Waals surface area contributed by atoms with Gasteiger partial charge in [0.15, 0.2) is 0 Å². The molecule has 1 fully saturated rings. The maximum absolute atomic E-state index is 5.86. The Bertz CT molecular complexity index is 257. The Morgan fingerprint density at radius 2 is 2.46 bits per heavy atom. The first-order chi connectivity index (χ1) is 6.35. The Labute approximate surface area is 87.3 Å². The van der Waals surface area contributed by atoms with Gasteiger partial charge in [-0.05, 0) is 18.3 Å². The normalized spacial score (nSPS) is 18.8. The van der Waals surface area contributed by atoms with Crippen molar-refractivity contribution < 1.29 is 0 Å². The first-order valence-corrected chi connectivity index (χ1v) is 5.91. The predicted octanol–water partition coefficient (Wildman–Crippen LogP) is 2.25. The van der Waals surface area contributed by atoms with Crippen LogP contribution in [0.25, 0.3) is 0 Å². The third-order valence-corrected chi connectivity index (χ3v) is 3.85. The van der Waals surface area contributed by atoms with Crippen LogP contribution >= 0.6 is 22.9 Å². The van der Waals surface area contributed by atoms with Gasteiger partial charge in [-0.3, -0.25) is 0 Å². The van der Waals surface area contributed by atoms with Crippen LogP contribution in [0.15, 0.2) is 11.6 Å². The molecule has 1 aromatic rings. The number of nitrogens with zero attached hydrogens (tertiary/aromatic N) is 1. The molecule has 1 aromatic heterocycles. The van der Waals surface area contributed by atoms with Gasteiger partial charge in [0.2, 0.25) is 0 Å².